The fourth-order valence-corrected chi connectivity index (χ4v) is 3.79. The summed E-state index contributed by atoms with van der Waals surface area (Å²) < 4.78 is 6.21. The van der Waals surface area contributed by atoms with Crippen LogP contribution in [0.3, 0.4) is 0 Å². The summed E-state index contributed by atoms with van der Waals surface area (Å²) in [7, 11) is 0. The summed E-state index contributed by atoms with van der Waals surface area (Å²) in [6.07, 6.45) is 8.01. The number of hydrogen-bond acceptors (Lipinski definition) is 4. The number of aromatic nitrogens is 1. The van der Waals surface area contributed by atoms with Crippen molar-refractivity contribution in [1.29, 1.82) is 0 Å². The van der Waals surface area contributed by atoms with Gasteiger partial charge in [-0.25, -0.2) is 4.79 Å². The number of benzene rings is 2. The van der Waals surface area contributed by atoms with Crippen LogP contribution in [0.25, 0.3) is 5.70 Å². The van der Waals surface area contributed by atoms with Crippen LogP contribution in [-0.2, 0) is 6.61 Å². The van der Waals surface area contributed by atoms with Crippen LogP contribution < -0.4 is 9.64 Å². The maximum Gasteiger partial charge on any atom is 0.337 e. The molecule has 0 radical (unpaired) electrons. The van der Waals surface area contributed by atoms with Gasteiger partial charge in [-0.1, -0.05) is 61.4 Å². The van der Waals surface area contributed by atoms with Crippen LogP contribution in [0.4, 0.5) is 5.69 Å². The van der Waals surface area contributed by atoms with E-state index < -0.39 is 5.97 Å². The number of carboxylic acids is 1. The minimum atomic E-state index is -1.01. The van der Waals surface area contributed by atoms with E-state index in [4.69, 9.17) is 16.3 Å². The summed E-state index contributed by atoms with van der Waals surface area (Å²) in [5.41, 5.74) is 5.82. The molecule has 0 spiro atoms. The molecule has 176 valence electrons. The van der Waals surface area contributed by atoms with Gasteiger partial charge in [0, 0.05) is 22.5 Å². The highest BCUT2D eigenvalue weighted by Crippen LogP contribution is 2.38. The third kappa shape index (κ3) is 5.86. The van der Waals surface area contributed by atoms with Gasteiger partial charge in [0.25, 0.3) is 0 Å². The number of carbonyl (C=O) groups is 1. The molecule has 1 aliphatic rings. The number of allylic oxidation sites excluding steroid dienone is 3. The molecule has 34 heavy (non-hydrogen) atoms. The van der Waals surface area contributed by atoms with E-state index in [2.05, 4.69) is 23.2 Å². The Bertz CT molecular complexity index is 1220. The molecular weight excluding hydrogens is 448 g/mol. The monoisotopic (exact) mass is 476 g/mol. The second-order valence-electron chi connectivity index (χ2n) is 7.66. The SMILES string of the molecule is CC.CC1=CCC=C(c2cc(C)ccc2OCc2ccc(Cl)cc2)N1c1cncc(C(=O)O)c1. The Kier molecular flexibility index (Phi) is 8.50. The molecule has 4 rings (SSSR count). The van der Waals surface area contributed by atoms with Gasteiger partial charge < -0.3 is 14.7 Å². The van der Waals surface area contributed by atoms with Crippen LogP contribution in [0.2, 0.25) is 5.02 Å². The van der Waals surface area contributed by atoms with Crippen molar-refractivity contribution >= 4 is 29.0 Å². The molecule has 3 aromatic rings. The van der Waals surface area contributed by atoms with Gasteiger partial charge in [-0.3, -0.25) is 4.98 Å². The standard InChI is InChI=1S/C26H23ClN2O3.C2H6/c1-17-6-11-25(32-16-19-7-9-21(27)10-8-19)23(12-17)24-5-3-4-18(2)29(24)22-13-20(26(30)31)14-28-15-22;1-2/h4-15H,3,16H2,1-2H3,(H,30,31);1-2H3. The quantitative estimate of drug-likeness (QED) is 0.399. The third-order valence-corrected chi connectivity index (χ3v) is 5.52. The van der Waals surface area contributed by atoms with E-state index in [0.717, 1.165) is 40.3 Å². The van der Waals surface area contributed by atoms with Crippen LogP contribution >= 0.6 is 11.6 Å². The average Bonchev–Trinajstić information content (AvgIpc) is 2.85. The predicted molar refractivity (Wildman–Crippen MR) is 138 cm³/mol. The van der Waals surface area contributed by atoms with Crippen LogP contribution in [0, 0.1) is 6.92 Å². The van der Waals surface area contributed by atoms with Crippen LogP contribution in [0.15, 0.2) is 78.8 Å². The van der Waals surface area contributed by atoms with Gasteiger partial charge in [0.15, 0.2) is 0 Å². The van der Waals surface area contributed by atoms with Gasteiger partial charge in [-0.2, -0.15) is 0 Å². The zero-order chi connectivity index (χ0) is 24.7. The Morgan fingerprint density at radius 1 is 1.06 bits per heavy atom. The van der Waals surface area contributed by atoms with Gasteiger partial charge in [0.2, 0.25) is 0 Å². The van der Waals surface area contributed by atoms with Gasteiger partial charge in [-0.15, -0.1) is 0 Å². The molecular formula is C28H29ClN2O3. The van der Waals surface area contributed by atoms with E-state index >= 15 is 0 Å². The summed E-state index contributed by atoms with van der Waals surface area (Å²) in [5, 5.41) is 10.1. The van der Waals surface area contributed by atoms with E-state index in [-0.39, 0.29) is 5.56 Å². The van der Waals surface area contributed by atoms with Crippen molar-refractivity contribution in [3.63, 3.8) is 0 Å². The second kappa shape index (κ2) is 11.5. The van der Waals surface area contributed by atoms with Crippen molar-refractivity contribution in [3.05, 3.63) is 106 Å². The molecule has 0 fully saturated rings. The molecule has 0 amide bonds. The van der Waals surface area contributed by atoms with Gasteiger partial charge >= 0.3 is 5.97 Å². The van der Waals surface area contributed by atoms with Crippen molar-refractivity contribution in [2.75, 3.05) is 4.90 Å². The number of aryl methyl sites for hydroxylation is 1. The lowest BCUT2D eigenvalue weighted by molar-refractivity contribution is 0.0696. The Hall–Kier alpha value is -3.57. The van der Waals surface area contributed by atoms with Crippen molar-refractivity contribution in [3.8, 4) is 5.75 Å². The Balaban J connectivity index is 0.00000158. The number of rotatable bonds is 6. The highest BCUT2D eigenvalue weighted by Gasteiger charge is 2.23. The molecule has 0 bridgehead atoms. The number of hydrogen-bond donors (Lipinski definition) is 1. The molecule has 1 aliphatic heterocycles. The first-order chi connectivity index (χ1) is 16.4. The average molecular weight is 477 g/mol. The Morgan fingerprint density at radius 2 is 1.79 bits per heavy atom. The molecule has 1 N–H and O–H groups in total. The lowest BCUT2D eigenvalue weighted by Crippen LogP contribution is -2.22. The fraction of sp³-hybridized carbons (Fsp3) is 0.214. The topological polar surface area (TPSA) is 62.7 Å². The Morgan fingerprint density at radius 3 is 2.50 bits per heavy atom. The minimum Gasteiger partial charge on any atom is -0.488 e. The molecule has 6 heteroatoms. The summed E-state index contributed by atoms with van der Waals surface area (Å²) in [4.78, 5) is 17.7. The van der Waals surface area contributed by atoms with Crippen LogP contribution in [0.5, 0.6) is 5.75 Å². The summed E-state index contributed by atoms with van der Waals surface area (Å²) in [6, 6.07) is 15.3. The van der Waals surface area contributed by atoms with Crippen molar-refractivity contribution < 1.29 is 14.6 Å². The van der Waals surface area contributed by atoms with E-state index in [1.807, 2.05) is 69.0 Å². The van der Waals surface area contributed by atoms with E-state index in [1.54, 1.807) is 12.3 Å². The maximum absolute atomic E-state index is 11.5. The first-order valence-electron chi connectivity index (χ1n) is 11.3. The molecule has 5 nitrogen and oxygen atoms in total. The molecule has 0 atom stereocenters. The second-order valence-corrected chi connectivity index (χ2v) is 8.09. The summed E-state index contributed by atoms with van der Waals surface area (Å²) >= 11 is 5.99. The summed E-state index contributed by atoms with van der Waals surface area (Å²) in [6.45, 7) is 8.45. The molecule has 2 aromatic carbocycles. The number of nitrogens with zero attached hydrogens (tertiary/aromatic N) is 2. The van der Waals surface area contributed by atoms with Crippen LogP contribution in [-0.4, -0.2) is 16.1 Å². The van der Waals surface area contributed by atoms with Gasteiger partial charge in [-0.05, 0) is 56.2 Å². The first-order valence-corrected chi connectivity index (χ1v) is 11.6. The number of halogens is 1. The molecule has 0 saturated carbocycles. The van der Waals surface area contributed by atoms with Crippen molar-refractivity contribution in [1.82, 2.24) is 4.98 Å². The zero-order valence-corrected chi connectivity index (χ0v) is 20.6. The molecule has 2 heterocycles. The van der Waals surface area contributed by atoms with E-state index in [1.165, 1.54) is 6.20 Å². The van der Waals surface area contributed by atoms with E-state index in [0.29, 0.717) is 17.3 Å². The highest BCUT2D eigenvalue weighted by molar-refractivity contribution is 6.30. The lowest BCUT2D eigenvalue weighted by atomic mass is 10.0. The smallest absolute Gasteiger partial charge is 0.337 e. The predicted octanol–water partition coefficient (Wildman–Crippen LogP) is 7.50. The Labute approximate surface area is 206 Å². The maximum atomic E-state index is 11.5. The third-order valence-electron chi connectivity index (χ3n) is 5.27. The van der Waals surface area contributed by atoms with Gasteiger partial charge in [0.1, 0.15) is 12.4 Å². The van der Waals surface area contributed by atoms with Crippen molar-refractivity contribution in [2.24, 2.45) is 0 Å². The number of ether oxygens (including phenoxy) is 1. The zero-order valence-electron chi connectivity index (χ0n) is 19.9. The fourth-order valence-electron chi connectivity index (χ4n) is 3.67. The number of aromatic carboxylic acids is 1. The molecule has 0 aliphatic carbocycles. The van der Waals surface area contributed by atoms with Crippen molar-refractivity contribution in [2.45, 2.75) is 40.7 Å². The largest absolute Gasteiger partial charge is 0.488 e. The number of carboxylic acid groups (broad SMARTS) is 1. The number of anilines is 1. The normalized spacial score (nSPS) is 12.8. The minimum absolute atomic E-state index is 0.142. The highest BCUT2D eigenvalue weighted by atomic mass is 35.5. The number of pyridine rings is 1. The van der Waals surface area contributed by atoms with E-state index in [9.17, 15) is 9.90 Å². The van der Waals surface area contributed by atoms with Gasteiger partial charge in [0.05, 0.1) is 23.1 Å². The lowest BCUT2D eigenvalue weighted by Gasteiger charge is -2.32. The molecule has 0 saturated heterocycles. The van der Waals surface area contributed by atoms with Crippen LogP contribution in [0.1, 0.15) is 54.2 Å². The summed E-state index contributed by atoms with van der Waals surface area (Å²) in [5.74, 6) is -0.259. The molecule has 0 unspecified atom stereocenters. The molecule has 1 aromatic heterocycles. The first kappa shape index (κ1) is 25.1.